The van der Waals surface area contributed by atoms with E-state index in [-0.39, 0.29) is 18.2 Å². The molecule has 0 saturated carbocycles. The van der Waals surface area contributed by atoms with Crippen molar-refractivity contribution < 1.29 is 14.7 Å². The number of rotatable bonds is 5. The predicted molar refractivity (Wildman–Crippen MR) is 76.9 cm³/mol. The number of carbonyl (C=O) groups is 2. The molecular formula is C13H19N3O3S. The van der Waals surface area contributed by atoms with Crippen LogP contribution in [0.1, 0.15) is 25.0 Å². The van der Waals surface area contributed by atoms with Crippen molar-refractivity contribution in [2.45, 2.75) is 26.2 Å². The van der Waals surface area contributed by atoms with Crippen LogP contribution in [0, 0.1) is 12.8 Å². The molecule has 2 N–H and O–H groups in total. The largest absolute Gasteiger partial charge is 0.481 e. The third-order valence-corrected chi connectivity index (χ3v) is 4.17. The number of thiazole rings is 1. The van der Waals surface area contributed by atoms with Gasteiger partial charge in [0.1, 0.15) is 0 Å². The van der Waals surface area contributed by atoms with Crippen LogP contribution >= 0.6 is 11.3 Å². The molecule has 1 aliphatic heterocycles. The molecule has 2 heterocycles. The van der Waals surface area contributed by atoms with Gasteiger partial charge in [-0.05, 0) is 32.2 Å². The van der Waals surface area contributed by atoms with Gasteiger partial charge in [0.15, 0.2) is 5.13 Å². The van der Waals surface area contributed by atoms with Gasteiger partial charge in [0, 0.05) is 18.3 Å². The van der Waals surface area contributed by atoms with Gasteiger partial charge in [0.2, 0.25) is 5.91 Å². The van der Waals surface area contributed by atoms with Crippen LogP contribution in [0.5, 0.6) is 0 Å². The first-order chi connectivity index (χ1) is 9.52. The van der Waals surface area contributed by atoms with Crippen molar-refractivity contribution in [3.8, 4) is 0 Å². The van der Waals surface area contributed by atoms with Crippen molar-refractivity contribution in [2.75, 3.05) is 25.0 Å². The Morgan fingerprint density at radius 2 is 2.40 bits per heavy atom. The van der Waals surface area contributed by atoms with Crippen LogP contribution < -0.4 is 5.32 Å². The first-order valence-corrected chi connectivity index (χ1v) is 7.57. The van der Waals surface area contributed by atoms with Crippen molar-refractivity contribution >= 4 is 28.3 Å². The monoisotopic (exact) mass is 297 g/mol. The van der Waals surface area contributed by atoms with Crippen LogP contribution in [0.15, 0.2) is 5.38 Å². The number of aromatic nitrogens is 1. The summed E-state index contributed by atoms with van der Waals surface area (Å²) >= 11 is 1.41. The molecule has 0 aliphatic carbocycles. The molecule has 2 rings (SSSR count). The highest BCUT2D eigenvalue weighted by Gasteiger charge is 2.23. The van der Waals surface area contributed by atoms with Crippen LogP contribution in [0.3, 0.4) is 0 Å². The summed E-state index contributed by atoms with van der Waals surface area (Å²) < 4.78 is 0. The second kappa shape index (κ2) is 6.81. The smallest absolute Gasteiger partial charge is 0.303 e. The first-order valence-electron chi connectivity index (χ1n) is 6.69. The van der Waals surface area contributed by atoms with Gasteiger partial charge in [-0.15, -0.1) is 11.3 Å². The van der Waals surface area contributed by atoms with E-state index < -0.39 is 5.97 Å². The van der Waals surface area contributed by atoms with Gasteiger partial charge in [-0.3, -0.25) is 14.5 Å². The Bertz CT molecular complexity index is 489. The summed E-state index contributed by atoms with van der Waals surface area (Å²) in [6.07, 6.45) is 2.06. The van der Waals surface area contributed by atoms with E-state index in [9.17, 15) is 9.59 Å². The van der Waals surface area contributed by atoms with Gasteiger partial charge in [0.25, 0.3) is 0 Å². The normalized spacial score (nSPS) is 19.8. The molecule has 1 fully saturated rings. The molecule has 0 radical (unpaired) electrons. The van der Waals surface area contributed by atoms with E-state index in [0.29, 0.717) is 18.2 Å². The number of carboxylic acids is 1. The Labute approximate surface area is 121 Å². The van der Waals surface area contributed by atoms with Crippen molar-refractivity contribution in [1.82, 2.24) is 9.88 Å². The number of nitrogens with zero attached hydrogens (tertiary/aromatic N) is 2. The van der Waals surface area contributed by atoms with E-state index >= 15 is 0 Å². The van der Waals surface area contributed by atoms with E-state index in [1.807, 2.05) is 17.2 Å². The average Bonchev–Trinajstić information content (AvgIpc) is 2.74. The molecule has 1 atom stereocenters. The van der Waals surface area contributed by atoms with Gasteiger partial charge in [0.05, 0.1) is 12.2 Å². The molecule has 0 aromatic carbocycles. The fourth-order valence-corrected chi connectivity index (χ4v) is 3.19. The molecule has 1 saturated heterocycles. The number of piperidine rings is 1. The summed E-state index contributed by atoms with van der Waals surface area (Å²) in [5, 5.41) is 14.1. The second-order valence-electron chi connectivity index (χ2n) is 5.18. The van der Waals surface area contributed by atoms with Crippen LogP contribution in [-0.4, -0.2) is 46.5 Å². The number of nitrogens with one attached hydrogen (secondary N) is 1. The van der Waals surface area contributed by atoms with Gasteiger partial charge in [-0.2, -0.15) is 0 Å². The fourth-order valence-electron chi connectivity index (χ4n) is 2.48. The zero-order valence-electron chi connectivity index (χ0n) is 11.5. The zero-order valence-corrected chi connectivity index (χ0v) is 12.3. The second-order valence-corrected chi connectivity index (χ2v) is 6.04. The Morgan fingerprint density at radius 1 is 1.60 bits per heavy atom. The lowest BCUT2D eigenvalue weighted by atomic mass is 9.95. The summed E-state index contributed by atoms with van der Waals surface area (Å²) in [6.45, 7) is 3.71. The van der Waals surface area contributed by atoms with Crippen molar-refractivity contribution in [3.63, 3.8) is 0 Å². The van der Waals surface area contributed by atoms with Crippen LogP contribution in [0.4, 0.5) is 5.13 Å². The van der Waals surface area contributed by atoms with Gasteiger partial charge < -0.3 is 10.4 Å². The molecule has 1 unspecified atom stereocenters. The van der Waals surface area contributed by atoms with Crippen molar-refractivity contribution in [3.05, 3.63) is 11.1 Å². The minimum absolute atomic E-state index is 0.0877. The minimum Gasteiger partial charge on any atom is -0.481 e. The van der Waals surface area contributed by atoms with Crippen molar-refractivity contribution in [1.29, 1.82) is 0 Å². The minimum atomic E-state index is -0.764. The number of carboxylic acid groups (broad SMARTS) is 1. The van der Waals surface area contributed by atoms with Crippen LogP contribution in [0.25, 0.3) is 0 Å². The molecule has 1 aromatic rings. The number of aryl methyl sites for hydroxylation is 1. The fraction of sp³-hybridized carbons (Fsp3) is 0.615. The summed E-state index contributed by atoms with van der Waals surface area (Å²) in [4.78, 5) is 28.9. The van der Waals surface area contributed by atoms with Gasteiger partial charge >= 0.3 is 5.97 Å². The third kappa shape index (κ3) is 4.57. The highest BCUT2D eigenvalue weighted by atomic mass is 32.1. The maximum Gasteiger partial charge on any atom is 0.303 e. The highest BCUT2D eigenvalue weighted by molar-refractivity contribution is 7.13. The highest BCUT2D eigenvalue weighted by Crippen LogP contribution is 2.20. The van der Waals surface area contributed by atoms with E-state index in [0.717, 1.165) is 25.1 Å². The number of likely N-dealkylation sites (tertiary alicyclic amines) is 1. The Morgan fingerprint density at radius 3 is 3.05 bits per heavy atom. The predicted octanol–water partition coefficient (Wildman–Crippen LogP) is 1.58. The van der Waals surface area contributed by atoms with Gasteiger partial charge in [-0.25, -0.2) is 4.98 Å². The lowest BCUT2D eigenvalue weighted by Gasteiger charge is -2.31. The number of anilines is 1. The standard InChI is InChI=1S/C13H19N3O3S/c1-9-8-20-13(14-9)15-11(17)7-16-4-2-3-10(6-16)5-12(18)19/h8,10H,2-7H2,1H3,(H,18,19)(H,14,15,17). The number of carbonyl (C=O) groups excluding carboxylic acids is 1. The quantitative estimate of drug-likeness (QED) is 0.862. The maximum atomic E-state index is 11.9. The number of hydrogen-bond acceptors (Lipinski definition) is 5. The Balaban J connectivity index is 1.80. The number of aliphatic carboxylic acids is 1. The summed E-state index contributed by atoms with van der Waals surface area (Å²) in [5.74, 6) is -0.703. The van der Waals surface area contributed by atoms with E-state index in [4.69, 9.17) is 5.11 Å². The molecule has 1 aromatic heterocycles. The Hall–Kier alpha value is -1.47. The molecule has 20 heavy (non-hydrogen) atoms. The molecular weight excluding hydrogens is 278 g/mol. The lowest BCUT2D eigenvalue weighted by Crippen LogP contribution is -2.41. The van der Waals surface area contributed by atoms with E-state index in [2.05, 4.69) is 10.3 Å². The van der Waals surface area contributed by atoms with Gasteiger partial charge in [-0.1, -0.05) is 0 Å². The number of amides is 1. The molecule has 110 valence electrons. The number of hydrogen-bond donors (Lipinski definition) is 2. The SMILES string of the molecule is Cc1csc(NC(=O)CN2CCCC(CC(=O)O)C2)n1. The topological polar surface area (TPSA) is 82.5 Å². The summed E-state index contributed by atoms with van der Waals surface area (Å²) in [5.41, 5.74) is 0.893. The molecule has 0 spiro atoms. The Kier molecular flexibility index (Phi) is 5.08. The summed E-state index contributed by atoms with van der Waals surface area (Å²) in [7, 11) is 0. The zero-order chi connectivity index (χ0) is 14.5. The van der Waals surface area contributed by atoms with Crippen LogP contribution in [-0.2, 0) is 9.59 Å². The van der Waals surface area contributed by atoms with E-state index in [1.165, 1.54) is 11.3 Å². The third-order valence-electron chi connectivity index (χ3n) is 3.30. The summed E-state index contributed by atoms with van der Waals surface area (Å²) in [6, 6.07) is 0. The molecule has 1 amide bonds. The van der Waals surface area contributed by atoms with E-state index in [1.54, 1.807) is 0 Å². The molecule has 0 bridgehead atoms. The molecule has 6 nitrogen and oxygen atoms in total. The average molecular weight is 297 g/mol. The molecule has 1 aliphatic rings. The maximum absolute atomic E-state index is 11.9. The van der Waals surface area contributed by atoms with Crippen LogP contribution in [0.2, 0.25) is 0 Å². The molecule has 7 heteroatoms. The lowest BCUT2D eigenvalue weighted by molar-refractivity contribution is -0.138. The van der Waals surface area contributed by atoms with Crippen molar-refractivity contribution in [2.24, 2.45) is 5.92 Å². The first kappa shape index (κ1) is 14.9.